The maximum Gasteiger partial charge on any atom is 0.305 e. The minimum Gasteiger partial charge on any atom is -0.493 e. The summed E-state index contributed by atoms with van der Waals surface area (Å²) in [6, 6.07) is 18.6. The van der Waals surface area contributed by atoms with Crippen LogP contribution in [0.15, 0.2) is 76.6 Å². The largest absolute Gasteiger partial charge is 0.493 e. The molecule has 0 radical (unpaired) electrons. The van der Waals surface area contributed by atoms with Gasteiger partial charge in [0, 0.05) is 22.9 Å². The van der Waals surface area contributed by atoms with Crippen molar-refractivity contribution in [2.75, 3.05) is 12.0 Å². The van der Waals surface area contributed by atoms with Gasteiger partial charge in [0.2, 0.25) is 11.8 Å². The number of aromatic amines is 1. The quantitative estimate of drug-likeness (QED) is 0.180. The number of nitro groups is 1. The second-order valence-electron chi connectivity index (χ2n) is 9.66. The van der Waals surface area contributed by atoms with Crippen LogP contribution in [0, 0.1) is 23.0 Å². The molecular weight excluding hydrogens is 566 g/mol. The molecule has 0 unspecified atom stereocenters. The summed E-state index contributed by atoms with van der Waals surface area (Å²) in [5.74, 6) is -1.29. The summed E-state index contributed by atoms with van der Waals surface area (Å²) in [6.07, 6.45) is 0. The fourth-order valence-corrected chi connectivity index (χ4v) is 7.79. The van der Waals surface area contributed by atoms with Crippen molar-refractivity contribution in [3.05, 3.63) is 108 Å². The van der Waals surface area contributed by atoms with Crippen molar-refractivity contribution in [3.8, 4) is 11.5 Å². The number of non-ortho nitro benzene ring substituents is 1. The highest BCUT2D eigenvalue weighted by molar-refractivity contribution is 8.00. The number of fused-ring (bicyclic) bond motifs is 2. The third kappa shape index (κ3) is 4.68. The van der Waals surface area contributed by atoms with E-state index in [1.54, 1.807) is 12.1 Å². The first-order chi connectivity index (χ1) is 19.8. The molecule has 2 aliphatic heterocycles. The molecule has 41 heavy (non-hydrogen) atoms. The number of H-pyrrole nitrogens is 1. The van der Waals surface area contributed by atoms with Gasteiger partial charge in [0.1, 0.15) is 11.9 Å². The Kier molecular flexibility index (Phi) is 6.88. The number of thiazole rings is 1. The summed E-state index contributed by atoms with van der Waals surface area (Å²) in [4.78, 5) is 54.7. The SMILES string of the molecule is COc1cc([C@@H]2c3sc(=O)[nH]c3S[C@H]3C(=O)N(c4ccc([N+](=O)[O-])cc4)C(=O)[C@@H]23)ccc1OCc1ccccc1C. The van der Waals surface area contributed by atoms with Gasteiger partial charge in [-0.1, -0.05) is 53.4 Å². The first kappa shape index (κ1) is 26.8. The van der Waals surface area contributed by atoms with Gasteiger partial charge < -0.3 is 14.5 Å². The van der Waals surface area contributed by atoms with Gasteiger partial charge in [-0.15, -0.1) is 0 Å². The van der Waals surface area contributed by atoms with Gasteiger partial charge in [0.05, 0.1) is 28.7 Å². The number of carbonyl (C=O) groups excluding carboxylic acids is 2. The van der Waals surface area contributed by atoms with Crippen molar-refractivity contribution >= 4 is 46.3 Å². The van der Waals surface area contributed by atoms with E-state index in [1.165, 1.54) is 31.4 Å². The monoisotopic (exact) mass is 589 g/mol. The summed E-state index contributed by atoms with van der Waals surface area (Å²) >= 11 is 2.18. The minimum absolute atomic E-state index is 0.144. The molecule has 3 heterocycles. The van der Waals surface area contributed by atoms with Gasteiger partial charge in [-0.3, -0.25) is 24.5 Å². The molecule has 0 spiro atoms. The zero-order chi connectivity index (χ0) is 28.8. The molecule has 208 valence electrons. The van der Waals surface area contributed by atoms with Crippen LogP contribution in [-0.2, 0) is 16.2 Å². The molecule has 3 atom stereocenters. The first-order valence-corrected chi connectivity index (χ1v) is 14.3. The van der Waals surface area contributed by atoms with E-state index in [9.17, 15) is 24.5 Å². The Morgan fingerprint density at radius 1 is 1.00 bits per heavy atom. The minimum atomic E-state index is -0.801. The Morgan fingerprint density at radius 3 is 2.46 bits per heavy atom. The molecule has 0 bridgehead atoms. The lowest BCUT2D eigenvalue weighted by molar-refractivity contribution is -0.384. The normalized spacial score (nSPS) is 19.6. The van der Waals surface area contributed by atoms with E-state index in [2.05, 4.69) is 4.98 Å². The van der Waals surface area contributed by atoms with Crippen molar-refractivity contribution in [2.45, 2.75) is 29.7 Å². The van der Waals surface area contributed by atoms with Crippen molar-refractivity contribution in [3.63, 3.8) is 0 Å². The van der Waals surface area contributed by atoms with Crippen LogP contribution in [0.25, 0.3) is 0 Å². The average Bonchev–Trinajstić information content (AvgIpc) is 3.46. The number of aromatic nitrogens is 1. The Morgan fingerprint density at radius 2 is 1.76 bits per heavy atom. The van der Waals surface area contributed by atoms with E-state index in [0.717, 1.165) is 39.1 Å². The van der Waals surface area contributed by atoms with Crippen LogP contribution in [0.2, 0.25) is 0 Å². The van der Waals surface area contributed by atoms with Crippen molar-refractivity contribution in [1.29, 1.82) is 0 Å². The fourth-order valence-electron chi connectivity index (χ4n) is 5.28. The van der Waals surface area contributed by atoms with Crippen molar-refractivity contribution in [1.82, 2.24) is 4.98 Å². The van der Waals surface area contributed by atoms with Gasteiger partial charge in [0.25, 0.3) is 5.69 Å². The van der Waals surface area contributed by atoms with E-state index in [-0.39, 0.29) is 16.2 Å². The summed E-state index contributed by atoms with van der Waals surface area (Å²) in [6.45, 7) is 2.35. The zero-order valence-corrected chi connectivity index (χ0v) is 23.5. The number of benzene rings is 3. The summed E-state index contributed by atoms with van der Waals surface area (Å²) in [5, 5.41) is 10.9. The van der Waals surface area contributed by atoms with E-state index >= 15 is 0 Å². The van der Waals surface area contributed by atoms with Gasteiger partial charge in [-0.25, -0.2) is 4.90 Å². The smallest absolute Gasteiger partial charge is 0.305 e. The van der Waals surface area contributed by atoms with Crippen molar-refractivity contribution < 1.29 is 24.0 Å². The predicted octanol–water partition coefficient (Wildman–Crippen LogP) is 5.04. The molecule has 1 saturated heterocycles. The molecule has 2 aliphatic rings. The number of nitro benzene ring substituents is 1. The van der Waals surface area contributed by atoms with E-state index in [4.69, 9.17) is 9.47 Å². The lowest BCUT2D eigenvalue weighted by atomic mass is 9.83. The Balaban J connectivity index is 1.37. The Labute approximate surface area is 242 Å². The topological polar surface area (TPSA) is 132 Å². The van der Waals surface area contributed by atoms with Crippen LogP contribution in [0.5, 0.6) is 11.5 Å². The van der Waals surface area contributed by atoms with Crippen LogP contribution in [-0.4, -0.2) is 34.1 Å². The van der Waals surface area contributed by atoms with E-state index in [0.29, 0.717) is 33.6 Å². The Hall–Kier alpha value is -4.42. The molecule has 12 heteroatoms. The van der Waals surface area contributed by atoms with E-state index in [1.807, 2.05) is 37.3 Å². The van der Waals surface area contributed by atoms with Crippen LogP contribution < -0.4 is 19.2 Å². The third-order valence-corrected chi connectivity index (χ3v) is 9.73. The molecule has 4 aromatic rings. The number of carbonyl (C=O) groups is 2. The molecule has 1 N–H and O–H groups in total. The number of ether oxygens (including phenoxy) is 2. The third-order valence-electron chi connectivity index (χ3n) is 7.33. The molecule has 1 aromatic heterocycles. The molecule has 0 aliphatic carbocycles. The highest BCUT2D eigenvalue weighted by Crippen LogP contribution is 2.53. The van der Waals surface area contributed by atoms with Crippen LogP contribution in [0.1, 0.15) is 27.5 Å². The van der Waals surface area contributed by atoms with Gasteiger partial charge >= 0.3 is 4.87 Å². The van der Waals surface area contributed by atoms with Crippen LogP contribution in [0.3, 0.4) is 0 Å². The van der Waals surface area contributed by atoms with Gasteiger partial charge in [0.15, 0.2) is 11.5 Å². The van der Waals surface area contributed by atoms with Crippen molar-refractivity contribution in [2.24, 2.45) is 5.92 Å². The lowest BCUT2D eigenvalue weighted by Crippen LogP contribution is -2.32. The van der Waals surface area contributed by atoms with Gasteiger partial charge in [-0.2, -0.15) is 0 Å². The summed E-state index contributed by atoms with van der Waals surface area (Å²) < 4.78 is 11.7. The number of amides is 2. The number of nitrogens with one attached hydrogen (secondary N) is 1. The maximum absolute atomic E-state index is 13.9. The number of rotatable bonds is 7. The van der Waals surface area contributed by atoms with Crippen LogP contribution >= 0.6 is 23.1 Å². The lowest BCUT2D eigenvalue weighted by Gasteiger charge is -2.30. The molecule has 6 rings (SSSR count). The standard InChI is InChI=1S/C29H23N3O7S2/c1-15-5-3-4-6-17(15)14-39-20-12-7-16(13-21(20)38-2)22-23-25(40-26-24(22)41-29(35)30-26)28(34)31(27(23)33)18-8-10-19(11-9-18)32(36)37/h3-13,22-23,25H,14H2,1-2H3,(H,30,35)/t22-,23-,25+/m0/s1. The molecule has 1 fully saturated rings. The van der Waals surface area contributed by atoms with E-state index < -0.39 is 33.8 Å². The second kappa shape index (κ2) is 10.5. The molecule has 3 aromatic carbocycles. The Bertz CT molecular complexity index is 1750. The predicted molar refractivity (Wildman–Crippen MR) is 154 cm³/mol. The number of hydrogen-bond donors (Lipinski definition) is 1. The first-order valence-electron chi connectivity index (χ1n) is 12.6. The number of aryl methyl sites for hydroxylation is 1. The number of imide groups is 1. The molecule has 2 amide bonds. The fraction of sp³-hybridized carbons (Fsp3) is 0.207. The number of hydrogen-bond acceptors (Lipinski definition) is 9. The highest BCUT2D eigenvalue weighted by Gasteiger charge is 2.56. The number of nitrogens with zero attached hydrogens (tertiary/aromatic N) is 2. The summed E-state index contributed by atoms with van der Waals surface area (Å²) in [7, 11) is 1.53. The number of methoxy groups -OCH3 is 1. The molecule has 0 saturated carbocycles. The average molecular weight is 590 g/mol. The summed E-state index contributed by atoms with van der Waals surface area (Å²) in [5.41, 5.74) is 2.95. The number of anilines is 1. The number of thioether (sulfide) groups is 1. The van der Waals surface area contributed by atoms with Crippen LogP contribution in [0.4, 0.5) is 11.4 Å². The molecule has 10 nitrogen and oxygen atoms in total. The zero-order valence-electron chi connectivity index (χ0n) is 21.9. The maximum atomic E-state index is 13.9. The second-order valence-corrected chi connectivity index (χ2v) is 11.8. The molecular formula is C29H23N3O7S2. The van der Waals surface area contributed by atoms with Gasteiger partial charge in [-0.05, 0) is 47.9 Å². The highest BCUT2D eigenvalue weighted by atomic mass is 32.2.